The zero-order valence-electron chi connectivity index (χ0n) is 11.9. The van der Waals surface area contributed by atoms with Crippen molar-refractivity contribution in [3.8, 4) is 0 Å². The Labute approximate surface area is 102 Å². The van der Waals surface area contributed by atoms with Gasteiger partial charge in [-0.2, -0.15) is 0 Å². The summed E-state index contributed by atoms with van der Waals surface area (Å²) in [5.41, 5.74) is 6.25. The molecule has 0 aliphatic heterocycles. The molecule has 1 atom stereocenters. The smallest absolute Gasteiger partial charge is 0.110 e. The van der Waals surface area contributed by atoms with Crippen molar-refractivity contribution in [2.75, 3.05) is 0 Å². The second-order valence-electron chi connectivity index (χ2n) is 6.24. The fourth-order valence-corrected chi connectivity index (χ4v) is 2.60. The van der Waals surface area contributed by atoms with Crippen molar-refractivity contribution in [3.63, 3.8) is 0 Å². The van der Waals surface area contributed by atoms with E-state index in [2.05, 4.69) is 61.5 Å². The molecule has 0 aromatic rings. The Morgan fingerprint density at radius 1 is 1.31 bits per heavy atom. The Bertz CT molecular complexity index is 357. The van der Waals surface area contributed by atoms with E-state index >= 15 is 0 Å². The van der Waals surface area contributed by atoms with Gasteiger partial charge >= 0.3 is 0 Å². The third kappa shape index (κ3) is 2.69. The van der Waals surface area contributed by atoms with Crippen LogP contribution in [0.4, 0.5) is 0 Å². The van der Waals surface area contributed by atoms with Gasteiger partial charge < -0.3 is 0 Å². The van der Waals surface area contributed by atoms with E-state index in [0.29, 0.717) is 5.92 Å². The summed E-state index contributed by atoms with van der Waals surface area (Å²) in [5, 5.41) is 0. The van der Waals surface area contributed by atoms with E-state index in [-0.39, 0.29) is 5.41 Å². The molecular weight excluding hydrogens is 191 g/mol. The monoisotopic (exact) mass is 216 g/mol. The predicted octanol–water partition coefficient (Wildman–Crippen LogP) is 3.85. The van der Waals surface area contributed by atoms with E-state index in [1.165, 1.54) is 23.0 Å². The largest absolute Gasteiger partial charge is 0.133 e. The molecule has 0 N–H and O–H groups in total. The lowest BCUT2D eigenvalue weighted by Gasteiger charge is -2.33. The van der Waals surface area contributed by atoms with E-state index in [1.807, 2.05) is 0 Å². The minimum Gasteiger partial charge on any atom is -0.110 e. The zero-order chi connectivity index (χ0) is 12.5. The first-order valence-corrected chi connectivity index (χ1v) is 6.30. The first kappa shape index (κ1) is 13.4. The number of allylic oxidation sites excluding steroid dienone is 6. The van der Waals surface area contributed by atoms with E-state index in [0.717, 1.165) is 0 Å². The van der Waals surface area contributed by atoms with Crippen LogP contribution >= 0.6 is 0 Å². The molecule has 1 aliphatic rings. The molecule has 16 heavy (non-hydrogen) atoms. The minimum atomic E-state index is 0.274. The molecule has 0 amide bonds. The quantitative estimate of drug-likeness (QED) is 0.584. The molecule has 0 saturated carbocycles. The normalized spacial score (nSPS) is 23.5. The lowest BCUT2D eigenvalue weighted by atomic mass is 9.71. The molecule has 1 heteroatoms. The molecule has 0 bridgehead atoms. The van der Waals surface area contributed by atoms with Crippen LogP contribution in [0.15, 0.2) is 34.3 Å². The van der Waals surface area contributed by atoms with Crippen LogP contribution in [0.5, 0.6) is 0 Å². The van der Waals surface area contributed by atoms with Crippen molar-refractivity contribution in [1.82, 2.24) is 0 Å². The fourth-order valence-electron chi connectivity index (χ4n) is 2.60. The first-order valence-electron chi connectivity index (χ1n) is 6.30. The van der Waals surface area contributed by atoms with E-state index < -0.39 is 0 Å². The molecule has 0 saturated heterocycles. The zero-order valence-corrected chi connectivity index (χ0v) is 11.9. The van der Waals surface area contributed by atoms with Crippen LogP contribution in [-0.2, 0) is 0 Å². The average molecular weight is 216 g/mol. The average Bonchev–Trinajstić information content (AvgIpc) is 2.14. The standard InChI is InChI=1S/C15H25B/c1-10-8-7-9-13(11(2)12(3)16)14(10)15(4,5)6/h7,9-10H,8,16H2,1-6H3/b12-11+. The van der Waals surface area contributed by atoms with Gasteiger partial charge in [0.2, 0.25) is 0 Å². The Hall–Kier alpha value is -0.715. The Morgan fingerprint density at radius 2 is 1.88 bits per heavy atom. The Balaban J connectivity index is 3.38. The van der Waals surface area contributed by atoms with Gasteiger partial charge in [-0.1, -0.05) is 57.9 Å². The topological polar surface area (TPSA) is 0 Å². The lowest BCUT2D eigenvalue weighted by molar-refractivity contribution is 0.429. The van der Waals surface area contributed by atoms with Crippen molar-refractivity contribution < 1.29 is 0 Å². The summed E-state index contributed by atoms with van der Waals surface area (Å²) in [6.07, 6.45) is 5.83. The predicted molar refractivity (Wildman–Crippen MR) is 76.3 cm³/mol. The molecule has 0 nitrogen and oxygen atoms in total. The second kappa shape index (κ2) is 4.65. The summed E-state index contributed by atoms with van der Waals surface area (Å²) in [4.78, 5) is 0. The highest BCUT2D eigenvalue weighted by atomic mass is 14.3. The molecule has 1 unspecified atom stereocenters. The highest BCUT2D eigenvalue weighted by Gasteiger charge is 2.27. The molecule has 0 heterocycles. The van der Waals surface area contributed by atoms with Crippen LogP contribution in [0.25, 0.3) is 0 Å². The van der Waals surface area contributed by atoms with Crippen LogP contribution in [0, 0.1) is 11.3 Å². The van der Waals surface area contributed by atoms with Crippen molar-refractivity contribution >= 4 is 7.85 Å². The fraction of sp³-hybridized carbons (Fsp3) is 0.600. The highest BCUT2D eigenvalue weighted by molar-refractivity contribution is 6.22. The van der Waals surface area contributed by atoms with Gasteiger partial charge in [-0.3, -0.25) is 0 Å². The SMILES string of the molecule is B/C(C)=C(\C)C1=C(C(C)(C)C)C(C)CC=C1. The minimum absolute atomic E-state index is 0.274. The van der Waals surface area contributed by atoms with Gasteiger partial charge in [0.25, 0.3) is 0 Å². The second-order valence-corrected chi connectivity index (χ2v) is 6.24. The van der Waals surface area contributed by atoms with E-state index in [4.69, 9.17) is 0 Å². The van der Waals surface area contributed by atoms with Crippen molar-refractivity contribution in [2.45, 2.75) is 48.0 Å². The third-order valence-corrected chi connectivity index (χ3v) is 3.52. The van der Waals surface area contributed by atoms with Gasteiger partial charge in [0.1, 0.15) is 7.85 Å². The lowest BCUT2D eigenvalue weighted by Crippen LogP contribution is -2.20. The summed E-state index contributed by atoms with van der Waals surface area (Å²) in [6, 6.07) is 0. The van der Waals surface area contributed by atoms with Gasteiger partial charge in [-0.25, -0.2) is 0 Å². The summed E-state index contributed by atoms with van der Waals surface area (Å²) >= 11 is 0. The molecular formula is C15H25B. The number of hydrogen-bond donors (Lipinski definition) is 0. The molecule has 1 aliphatic carbocycles. The molecule has 0 spiro atoms. The van der Waals surface area contributed by atoms with Crippen LogP contribution in [0.1, 0.15) is 48.0 Å². The highest BCUT2D eigenvalue weighted by Crippen LogP contribution is 2.40. The van der Waals surface area contributed by atoms with Crippen LogP contribution in [-0.4, -0.2) is 7.85 Å². The van der Waals surface area contributed by atoms with Gasteiger partial charge in [-0.15, -0.1) is 5.47 Å². The summed E-state index contributed by atoms with van der Waals surface area (Å²) in [6.45, 7) is 13.8. The number of hydrogen-bond acceptors (Lipinski definition) is 0. The molecule has 1 rings (SSSR count). The van der Waals surface area contributed by atoms with Crippen molar-refractivity contribution in [1.29, 1.82) is 0 Å². The maximum atomic E-state index is 2.35. The molecule has 0 aromatic carbocycles. The number of rotatable bonds is 1. The van der Waals surface area contributed by atoms with Gasteiger partial charge in [0.05, 0.1) is 0 Å². The molecule has 0 fully saturated rings. The first-order chi connectivity index (χ1) is 7.25. The van der Waals surface area contributed by atoms with Crippen molar-refractivity contribution in [2.24, 2.45) is 11.3 Å². The van der Waals surface area contributed by atoms with Gasteiger partial charge in [0.15, 0.2) is 0 Å². The third-order valence-electron chi connectivity index (χ3n) is 3.52. The van der Waals surface area contributed by atoms with E-state index in [9.17, 15) is 0 Å². The van der Waals surface area contributed by atoms with Crippen LogP contribution in [0.2, 0.25) is 0 Å². The maximum absolute atomic E-state index is 2.35. The summed E-state index contributed by atoms with van der Waals surface area (Å²) in [5.74, 6) is 0.675. The summed E-state index contributed by atoms with van der Waals surface area (Å²) < 4.78 is 0. The summed E-state index contributed by atoms with van der Waals surface area (Å²) in [7, 11) is 2.20. The van der Waals surface area contributed by atoms with Crippen molar-refractivity contribution in [3.05, 3.63) is 34.3 Å². The van der Waals surface area contributed by atoms with Gasteiger partial charge in [-0.05, 0) is 30.3 Å². The Kier molecular flexibility index (Phi) is 3.88. The molecule has 0 aromatic heterocycles. The van der Waals surface area contributed by atoms with Crippen LogP contribution < -0.4 is 0 Å². The molecule has 0 radical (unpaired) electrons. The van der Waals surface area contributed by atoms with Crippen LogP contribution in [0.3, 0.4) is 0 Å². The van der Waals surface area contributed by atoms with E-state index in [1.54, 1.807) is 5.57 Å². The Morgan fingerprint density at radius 3 is 2.31 bits per heavy atom. The van der Waals surface area contributed by atoms with Gasteiger partial charge in [0, 0.05) is 0 Å². The maximum Gasteiger partial charge on any atom is 0.133 e. The molecule has 88 valence electrons.